The molecule has 0 aliphatic carbocycles. The summed E-state index contributed by atoms with van der Waals surface area (Å²) in [4.78, 5) is 19.9. The molecule has 1 fully saturated rings. The molecule has 0 N–H and O–H groups in total. The maximum absolute atomic E-state index is 13.0. The van der Waals surface area contributed by atoms with E-state index < -0.39 is 0 Å². The summed E-state index contributed by atoms with van der Waals surface area (Å²) >= 11 is 0. The number of aryl methyl sites for hydroxylation is 1. The minimum atomic E-state index is 0.123. The summed E-state index contributed by atoms with van der Waals surface area (Å²) in [5.74, 6) is 1.70. The van der Waals surface area contributed by atoms with E-state index in [1.54, 1.807) is 13.2 Å². The van der Waals surface area contributed by atoms with Gasteiger partial charge in [-0.3, -0.25) is 9.69 Å². The first-order valence-corrected chi connectivity index (χ1v) is 11.2. The van der Waals surface area contributed by atoms with Crippen LogP contribution < -0.4 is 10.3 Å². The minimum absolute atomic E-state index is 0.123. The summed E-state index contributed by atoms with van der Waals surface area (Å²) in [7, 11) is 1.70. The number of ether oxygens (including phenoxy) is 1. The quantitative estimate of drug-likeness (QED) is 0.615. The van der Waals surface area contributed by atoms with E-state index in [1.165, 1.54) is 17.0 Å². The number of likely N-dealkylation sites (tertiary alicyclic amines) is 1. The standard InChI is InChI=1S/C25H30N4O2/c1-3-28-17-26-13-21(28)16-27-14-19-12-20(15-27)24(29-23(19)8-5-9-25(29)30)11-18-6-4-7-22(10-18)31-2/h4-10,13,17,19-20,24H,3,11-12,14-16H2,1-2H3/t19-,20+,24+/m1/s1. The Morgan fingerprint density at radius 3 is 2.87 bits per heavy atom. The molecule has 0 radical (unpaired) electrons. The largest absolute Gasteiger partial charge is 0.497 e. The second-order valence-corrected chi connectivity index (χ2v) is 8.84. The SMILES string of the molecule is CCn1cncc1CN1C[C@H]2C[C@@H](C1)[C@H](Cc1cccc(OC)c1)n1c2cccc1=O. The van der Waals surface area contributed by atoms with Crippen molar-refractivity contribution in [2.75, 3.05) is 20.2 Å². The van der Waals surface area contributed by atoms with Gasteiger partial charge in [0.15, 0.2) is 0 Å². The van der Waals surface area contributed by atoms with Crippen molar-refractivity contribution >= 4 is 0 Å². The summed E-state index contributed by atoms with van der Waals surface area (Å²) in [5.41, 5.74) is 3.78. The van der Waals surface area contributed by atoms with Gasteiger partial charge < -0.3 is 13.9 Å². The number of imidazole rings is 1. The monoisotopic (exact) mass is 418 g/mol. The molecule has 162 valence electrons. The van der Waals surface area contributed by atoms with Crippen LogP contribution in [0, 0.1) is 5.92 Å². The molecule has 0 unspecified atom stereocenters. The Hall–Kier alpha value is -2.86. The Balaban J connectivity index is 1.47. The minimum Gasteiger partial charge on any atom is -0.497 e. The van der Waals surface area contributed by atoms with E-state index in [-0.39, 0.29) is 11.6 Å². The zero-order chi connectivity index (χ0) is 21.4. The Labute approximate surface area is 183 Å². The number of benzene rings is 1. The number of piperidine rings is 1. The maximum atomic E-state index is 13.0. The van der Waals surface area contributed by atoms with Crippen molar-refractivity contribution in [2.45, 2.75) is 44.8 Å². The van der Waals surface area contributed by atoms with Gasteiger partial charge in [-0.1, -0.05) is 18.2 Å². The molecule has 0 spiro atoms. The Morgan fingerprint density at radius 1 is 1.16 bits per heavy atom. The van der Waals surface area contributed by atoms with Gasteiger partial charge >= 0.3 is 0 Å². The normalized spacial score (nSPS) is 22.8. The van der Waals surface area contributed by atoms with Crippen LogP contribution in [0.15, 0.2) is 59.8 Å². The lowest BCUT2D eigenvalue weighted by molar-refractivity contribution is 0.0837. The van der Waals surface area contributed by atoms with Crippen molar-refractivity contribution in [3.63, 3.8) is 0 Å². The van der Waals surface area contributed by atoms with Crippen LogP contribution in [0.1, 0.15) is 42.3 Å². The molecule has 3 atom stereocenters. The molecule has 4 heterocycles. The number of rotatable bonds is 6. The molecular weight excluding hydrogens is 388 g/mol. The molecule has 2 aromatic heterocycles. The van der Waals surface area contributed by atoms with Gasteiger partial charge in [0.05, 0.1) is 19.1 Å². The number of pyridine rings is 1. The van der Waals surface area contributed by atoms with Crippen LogP contribution >= 0.6 is 0 Å². The first-order chi connectivity index (χ1) is 15.2. The van der Waals surface area contributed by atoms with Crippen molar-refractivity contribution < 1.29 is 4.74 Å². The topological polar surface area (TPSA) is 52.3 Å². The van der Waals surface area contributed by atoms with E-state index in [4.69, 9.17) is 4.74 Å². The lowest BCUT2D eigenvalue weighted by Gasteiger charge is -2.47. The van der Waals surface area contributed by atoms with E-state index in [0.29, 0.717) is 11.8 Å². The summed E-state index contributed by atoms with van der Waals surface area (Å²) in [6.45, 7) is 5.99. The van der Waals surface area contributed by atoms with Crippen molar-refractivity contribution in [2.24, 2.45) is 5.92 Å². The molecule has 5 rings (SSSR count). The lowest BCUT2D eigenvalue weighted by atomic mass is 9.76. The van der Waals surface area contributed by atoms with Crippen LogP contribution in [0.2, 0.25) is 0 Å². The average Bonchev–Trinajstić information content (AvgIpc) is 3.24. The zero-order valence-corrected chi connectivity index (χ0v) is 18.3. The molecular formula is C25H30N4O2. The third-order valence-electron chi connectivity index (χ3n) is 6.98. The highest BCUT2D eigenvalue weighted by molar-refractivity contribution is 5.30. The number of hydrogen-bond acceptors (Lipinski definition) is 4. The van der Waals surface area contributed by atoms with Gasteiger partial charge in [0.2, 0.25) is 0 Å². The summed E-state index contributed by atoms with van der Waals surface area (Å²) < 4.78 is 9.74. The van der Waals surface area contributed by atoms with Crippen LogP contribution in [0.25, 0.3) is 0 Å². The van der Waals surface area contributed by atoms with Gasteiger partial charge in [0.25, 0.3) is 5.56 Å². The highest BCUT2D eigenvalue weighted by Gasteiger charge is 2.40. The molecule has 1 saturated heterocycles. The van der Waals surface area contributed by atoms with Gasteiger partial charge in [-0.25, -0.2) is 4.98 Å². The average molecular weight is 419 g/mol. The molecule has 0 amide bonds. The molecule has 2 aliphatic heterocycles. The predicted molar refractivity (Wildman–Crippen MR) is 120 cm³/mol. The van der Waals surface area contributed by atoms with Gasteiger partial charge in [-0.05, 0) is 49.4 Å². The predicted octanol–water partition coefficient (Wildman–Crippen LogP) is 3.48. The fourth-order valence-corrected chi connectivity index (χ4v) is 5.56. The molecule has 31 heavy (non-hydrogen) atoms. The highest BCUT2D eigenvalue weighted by Crippen LogP contribution is 2.42. The van der Waals surface area contributed by atoms with Crippen LogP contribution in [-0.2, 0) is 19.5 Å². The number of aromatic nitrogens is 3. The second-order valence-electron chi connectivity index (χ2n) is 8.84. The third kappa shape index (κ3) is 3.81. The van der Waals surface area contributed by atoms with Crippen LogP contribution in [0.5, 0.6) is 5.75 Å². The van der Waals surface area contributed by atoms with Gasteiger partial charge in [0, 0.05) is 56.1 Å². The van der Waals surface area contributed by atoms with Crippen LogP contribution in [-0.4, -0.2) is 39.2 Å². The second kappa shape index (κ2) is 8.35. The summed E-state index contributed by atoms with van der Waals surface area (Å²) in [6, 6.07) is 14.2. The Bertz CT molecular complexity index is 1120. The molecule has 6 nitrogen and oxygen atoms in total. The molecule has 1 aromatic carbocycles. The van der Waals surface area contributed by atoms with Crippen molar-refractivity contribution in [1.82, 2.24) is 19.0 Å². The van der Waals surface area contributed by atoms with Gasteiger partial charge in [-0.2, -0.15) is 0 Å². The first kappa shape index (κ1) is 20.1. The lowest BCUT2D eigenvalue weighted by Crippen LogP contribution is -2.49. The van der Waals surface area contributed by atoms with E-state index >= 15 is 0 Å². The number of nitrogens with zero attached hydrogens (tertiary/aromatic N) is 4. The maximum Gasteiger partial charge on any atom is 0.251 e. The smallest absolute Gasteiger partial charge is 0.251 e. The van der Waals surface area contributed by atoms with Crippen molar-refractivity contribution in [1.29, 1.82) is 0 Å². The molecule has 0 saturated carbocycles. The fraction of sp³-hybridized carbons (Fsp3) is 0.440. The van der Waals surface area contributed by atoms with Crippen molar-refractivity contribution in [3.05, 3.63) is 82.3 Å². The number of hydrogen-bond donors (Lipinski definition) is 0. The summed E-state index contributed by atoms with van der Waals surface area (Å²) in [6.07, 6.45) is 5.88. The van der Waals surface area contributed by atoms with Crippen LogP contribution in [0.3, 0.4) is 0 Å². The number of methoxy groups -OCH3 is 1. The Kier molecular flexibility index (Phi) is 5.40. The van der Waals surface area contributed by atoms with E-state index in [0.717, 1.165) is 44.8 Å². The highest BCUT2D eigenvalue weighted by atomic mass is 16.5. The summed E-state index contributed by atoms with van der Waals surface area (Å²) in [5, 5.41) is 0. The Morgan fingerprint density at radius 2 is 2.03 bits per heavy atom. The van der Waals surface area contributed by atoms with Crippen LogP contribution in [0.4, 0.5) is 0 Å². The van der Waals surface area contributed by atoms with E-state index in [1.807, 2.05) is 30.7 Å². The van der Waals surface area contributed by atoms with Crippen molar-refractivity contribution in [3.8, 4) is 5.75 Å². The first-order valence-electron chi connectivity index (χ1n) is 11.2. The molecule has 3 aromatic rings. The molecule has 2 bridgehead atoms. The third-order valence-corrected chi connectivity index (χ3v) is 6.98. The van der Waals surface area contributed by atoms with E-state index in [2.05, 4.69) is 44.1 Å². The van der Waals surface area contributed by atoms with Gasteiger partial charge in [-0.15, -0.1) is 0 Å². The molecule has 2 aliphatic rings. The number of fused-ring (bicyclic) bond motifs is 4. The molecule has 6 heteroatoms. The zero-order valence-electron chi connectivity index (χ0n) is 18.3. The van der Waals surface area contributed by atoms with Gasteiger partial charge in [0.1, 0.15) is 5.75 Å². The van der Waals surface area contributed by atoms with E-state index in [9.17, 15) is 4.79 Å². The fourth-order valence-electron chi connectivity index (χ4n) is 5.56.